The molecule has 2 amide bonds. The van der Waals surface area contributed by atoms with Crippen molar-refractivity contribution in [2.24, 2.45) is 0 Å². The van der Waals surface area contributed by atoms with E-state index in [1.807, 2.05) is 0 Å². The first kappa shape index (κ1) is 15.8. The Hall–Kier alpha value is -3.11. The fraction of sp³-hybridized carbons (Fsp3) is 0.231. The summed E-state index contributed by atoms with van der Waals surface area (Å²) in [5.74, 6) is -1.15. The summed E-state index contributed by atoms with van der Waals surface area (Å²) in [4.78, 5) is 23.9. The van der Waals surface area contributed by atoms with Crippen molar-refractivity contribution in [1.82, 2.24) is 14.8 Å². The van der Waals surface area contributed by atoms with Crippen LogP contribution in [0.1, 0.15) is 12.5 Å². The molecule has 0 radical (unpaired) electrons. The monoisotopic (exact) mass is 341 g/mol. The first-order valence-electron chi connectivity index (χ1n) is 6.68. The van der Waals surface area contributed by atoms with Crippen LogP contribution in [0.5, 0.6) is 5.75 Å². The number of rotatable bonds is 3. The van der Waals surface area contributed by atoms with Crippen molar-refractivity contribution in [2.45, 2.75) is 18.8 Å². The molecule has 0 saturated carbocycles. The maximum Gasteiger partial charge on any atom is 0.573 e. The van der Waals surface area contributed by atoms with Crippen molar-refractivity contribution in [2.75, 3.05) is 10.6 Å². The van der Waals surface area contributed by atoms with Crippen LogP contribution in [0.2, 0.25) is 0 Å². The van der Waals surface area contributed by atoms with Crippen LogP contribution in [0, 0.1) is 0 Å². The van der Waals surface area contributed by atoms with E-state index in [2.05, 4.69) is 25.6 Å². The molecule has 1 aliphatic rings. The summed E-state index contributed by atoms with van der Waals surface area (Å²) >= 11 is 0. The predicted molar refractivity (Wildman–Crippen MR) is 74.1 cm³/mol. The maximum absolute atomic E-state index is 12.3. The van der Waals surface area contributed by atoms with Crippen LogP contribution < -0.4 is 15.4 Å². The molecule has 0 bridgehead atoms. The fourth-order valence-corrected chi connectivity index (χ4v) is 2.19. The van der Waals surface area contributed by atoms with Crippen molar-refractivity contribution in [1.29, 1.82) is 0 Å². The first-order valence-corrected chi connectivity index (χ1v) is 6.68. The molecule has 0 saturated heterocycles. The van der Waals surface area contributed by atoms with Gasteiger partial charge in [-0.15, -0.1) is 23.4 Å². The van der Waals surface area contributed by atoms with E-state index in [1.54, 1.807) is 0 Å². The minimum Gasteiger partial charge on any atom is -0.406 e. The normalized spacial score (nSPS) is 17.0. The number of hydrogen-bond donors (Lipinski definition) is 2. The second kappa shape index (κ2) is 5.83. The molecule has 1 aromatic carbocycles. The minimum absolute atomic E-state index is 0.105. The average Bonchev–Trinajstić information content (AvgIpc) is 2.95. The van der Waals surface area contributed by atoms with Crippen LogP contribution in [-0.4, -0.2) is 32.9 Å². The standard InChI is InChI=1S/C13H10F3N5O3/c14-13(15,16)24-8-3-1-7(2-4-8)18-11(23)9-5-10(22)19-12-20-17-6-21(9)12/h1-4,6,9H,5H2,(H,18,23)(H,19,20,22)/t9-/m1/s1. The van der Waals surface area contributed by atoms with Crippen LogP contribution in [-0.2, 0) is 9.59 Å². The Kier molecular flexibility index (Phi) is 3.83. The van der Waals surface area contributed by atoms with Gasteiger partial charge < -0.3 is 10.1 Å². The Morgan fingerprint density at radius 3 is 2.71 bits per heavy atom. The summed E-state index contributed by atoms with van der Waals surface area (Å²) in [5.41, 5.74) is 0.259. The lowest BCUT2D eigenvalue weighted by atomic mass is 10.1. The number of nitrogens with zero attached hydrogens (tertiary/aromatic N) is 3. The number of anilines is 2. The van der Waals surface area contributed by atoms with Gasteiger partial charge in [0.1, 0.15) is 18.1 Å². The third kappa shape index (κ3) is 3.45. The molecule has 0 spiro atoms. The smallest absolute Gasteiger partial charge is 0.406 e. The molecule has 126 valence electrons. The second-order valence-corrected chi connectivity index (χ2v) is 4.89. The average molecular weight is 341 g/mol. The molecule has 2 aromatic rings. The Labute approximate surface area is 132 Å². The first-order chi connectivity index (χ1) is 11.3. The molecule has 1 aromatic heterocycles. The molecule has 8 nitrogen and oxygen atoms in total. The molecule has 3 rings (SSSR count). The van der Waals surface area contributed by atoms with Crippen molar-refractivity contribution in [3.8, 4) is 5.75 Å². The van der Waals surface area contributed by atoms with E-state index in [1.165, 1.54) is 23.0 Å². The Morgan fingerprint density at radius 2 is 2.04 bits per heavy atom. The van der Waals surface area contributed by atoms with Gasteiger partial charge in [0.15, 0.2) is 0 Å². The lowest BCUT2D eigenvalue weighted by Crippen LogP contribution is -2.35. The quantitative estimate of drug-likeness (QED) is 0.885. The van der Waals surface area contributed by atoms with Crippen LogP contribution in [0.3, 0.4) is 0 Å². The molecule has 2 N–H and O–H groups in total. The number of fused-ring (bicyclic) bond motifs is 1. The van der Waals surface area contributed by atoms with Crippen LogP contribution >= 0.6 is 0 Å². The topological polar surface area (TPSA) is 98.1 Å². The summed E-state index contributed by atoms with van der Waals surface area (Å²) in [6, 6.07) is 3.81. The molecular weight excluding hydrogens is 331 g/mol. The number of nitrogens with one attached hydrogen (secondary N) is 2. The molecular formula is C13H10F3N5O3. The molecule has 0 unspecified atom stereocenters. The van der Waals surface area contributed by atoms with Gasteiger partial charge in [0.25, 0.3) is 0 Å². The molecule has 11 heteroatoms. The molecule has 0 aliphatic carbocycles. The van der Waals surface area contributed by atoms with Gasteiger partial charge in [-0.2, -0.15) is 0 Å². The lowest BCUT2D eigenvalue weighted by Gasteiger charge is -2.23. The Balaban J connectivity index is 1.71. The van der Waals surface area contributed by atoms with E-state index in [9.17, 15) is 22.8 Å². The number of halogens is 3. The third-order valence-corrected chi connectivity index (χ3v) is 3.20. The van der Waals surface area contributed by atoms with E-state index >= 15 is 0 Å². The van der Waals surface area contributed by atoms with Crippen LogP contribution in [0.25, 0.3) is 0 Å². The minimum atomic E-state index is -4.79. The second-order valence-electron chi connectivity index (χ2n) is 4.89. The van der Waals surface area contributed by atoms with Gasteiger partial charge in [0.05, 0.1) is 6.42 Å². The summed E-state index contributed by atoms with van der Waals surface area (Å²) in [6.45, 7) is 0. The van der Waals surface area contributed by atoms with Gasteiger partial charge in [-0.25, -0.2) is 0 Å². The van der Waals surface area contributed by atoms with Gasteiger partial charge >= 0.3 is 6.36 Å². The molecule has 1 atom stereocenters. The molecule has 2 heterocycles. The lowest BCUT2D eigenvalue weighted by molar-refractivity contribution is -0.274. The van der Waals surface area contributed by atoms with E-state index < -0.39 is 24.1 Å². The van der Waals surface area contributed by atoms with Crippen LogP contribution in [0.15, 0.2) is 30.6 Å². The number of aromatic nitrogens is 3. The Morgan fingerprint density at radius 1 is 1.33 bits per heavy atom. The number of benzene rings is 1. The summed E-state index contributed by atoms with van der Waals surface area (Å²) in [7, 11) is 0. The molecule has 1 aliphatic heterocycles. The van der Waals surface area contributed by atoms with Gasteiger partial charge in [-0.05, 0) is 24.3 Å². The number of alkyl halides is 3. The third-order valence-electron chi connectivity index (χ3n) is 3.20. The highest BCUT2D eigenvalue weighted by molar-refractivity contribution is 6.00. The van der Waals surface area contributed by atoms with E-state index in [4.69, 9.17) is 0 Å². The highest BCUT2D eigenvalue weighted by Gasteiger charge is 2.32. The molecule has 24 heavy (non-hydrogen) atoms. The SMILES string of the molecule is O=C1C[C@H](C(=O)Nc2ccc(OC(F)(F)F)cc2)n2cnnc2N1. The molecule has 0 fully saturated rings. The zero-order chi connectivity index (χ0) is 17.3. The fourth-order valence-electron chi connectivity index (χ4n) is 2.19. The highest BCUT2D eigenvalue weighted by Crippen LogP contribution is 2.26. The van der Waals surface area contributed by atoms with E-state index in [-0.39, 0.29) is 24.0 Å². The largest absolute Gasteiger partial charge is 0.573 e. The zero-order valence-corrected chi connectivity index (χ0v) is 11.9. The van der Waals surface area contributed by atoms with Crippen molar-refractivity contribution in [3.05, 3.63) is 30.6 Å². The van der Waals surface area contributed by atoms with Gasteiger partial charge in [-0.1, -0.05) is 0 Å². The number of ether oxygens (including phenoxy) is 1. The maximum atomic E-state index is 12.3. The summed E-state index contributed by atoms with van der Waals surface area (Å²) < 4.78 is 41.4. The van der Waals surface area contributed by atoms with E-state index in [0.29, 0.717) is 0 Å². The van der Waals surface area contributed by atoms with Crippen LogP contribution in [0.4, 0.5) is 24.8 Å². The van der Waals surface area contributed by atoms with Crippen molar-refractivity contribution in [3.63, 3.8) is 0 Å². The van der Waals surface area contributed by atoms with E-state index in [0.717, 1.165) is 12.1 Å². The van der Waals surface area contributed by atoms with Crippen molar-refractivity contribution < 1.29 is 27.5 Å². The number of carbonyl (C=O) groups excluding carboxylic acids is 2. The predicted octanol–water partition coefficient (Wildman–Crippen LogP) is 1.70. The van der Waals surface area contributed by atoms with Gasteiger partial charge in [0.2, 0.25) is 17.8 Å². The van der Waals surface area contributed by atoms with Gasteiger partial charge in [-0.3, -0.25) is 19.5 Å². The van der Waals surface area contributed by atoms with Gasteiger partial charge in [0, 0.05) is 5.69 Å². The van der Waals surface area contributed by atoms with Crippen molar-refractivity contribution >= 4 is 23.5 Å². The number of carbonyl (C=O) groups is 2. The zero-order valence-electron chi connectivity index (χ0n) is 11.9. The summed E-state index contributed by atoms with van der Waals surface area (Å²) in [6.07, 6.45) is -3.59. The summed E-state index contributed by atoms with van der Waals surface area (Å²) in [5, 5.41) is 12.3. The highest BCUT2D eigenvalue weighted by atomic mass is 19.4. The number of hydrogen-bond acceptors (Lipinski definition) is 5. The number of amides is 2. The Bertz CT molecular complexity index is 772.